The molecular weight excluding hydrogens is 165 g/mol. The second kappa shape index (κ2) is 3.46. The molecule has 2 rings (SSSR count). The van der Waals surface area contributed by atoms with Gasteiger partial charge in [-0.15, -0.1) is 0 Å². The molecule has 2 heteroatoms. The van der Waals surface area contributed by atoms with E-state index in [0.717, 1.165) is 18.7 Å². The Bertz CT molecular complexity index is 298. The van der Waals surface area contributed by atoms with Crippen LogP contribution in [0.5, 0.6) is 0 Å². The zero-order valence-electron chi connectivity index (χ0n) is 7.76. The van der Waals surface area contributed by atoms with Crippen LogP contribution in [-0.2, 0) is 0 Å². The summed E-state index contributed by atoms with van der Waals surface area (Å²) in [6.07, 6.45) is 0. The third-order valence-corrected chi connectivity index (χ3v) is 2.82. The van der Waals surface area contributed by atoms with Crippen molar-refractivity contribution in [3.8, 4) is 0 Å². The zero-order valence-corrected chi connectivity index (χ0v) is 7.76. The lowest BCUT2D eigenvalue weighted by atomic mass is 9.90. The monoisotopic (exact) mass is 179 g/mol. The van der Waals surface area contributed by atoms with Crippen LogP contribution in [0.25, 0.3) is 0 Å². The van der Waals surface area contributed by atoms with Gasteiger partial charge in [0, 0.05) is 12.5 Å². The van der Waals surface area contributed by atoms with Crippen LogP contribution in [0.15, 0.2) is 24.3 Å². The summed E-state index contributed by atoms with van der Waals surface area (Å²) < 4.78 is 13.4. The fourth-order valence-electron chi connectivity index (χ4n) is 2.00. The summed E-state index contributed by atoms with van der Waals surface area (Å²) in [5.41, 5.74) is 0.861. The van der Waals surface area contributed by atoms with E-state index in [2.05, 4.69) is 12.2 Å². The number of halogens is 1. The van der Waals surface area contributed by atoms with Gasteiger partial charge in [-0.25, -0.2) is 4.39 Å². The molecule has 1 aromatic carbocycles. The maximum absolute atomic E-state index is 13.4. The summed E-state index contributed by atoms with van der Waals surface area (Å²) in [5, 5.41) is 3.28. The van der Waals surface area contributed by atoms with E-state index in [1.54, 1.807) is 12.1 Å². The molecule has 0 amide bonds. The number of rotatable bonds is 1. The summed E-state index contributed by atoms with van der Waals surface area (Å²) in [6.45, 7) is 4.07. The predicted molar refractivity (Wildman–Crippen MR) is 51.2 cm³/mol. The normalized spacial score (nSPS) is 27.8. The van der Waals surface area contributed by atoms with Crippen molar-refractivity contribution in [2.45, 2.75) is 12.8 Å². The molecule has 70 valence electrons. The van der Waals surface area contributed by atoms with E-state index < -0.39 is 0 Å². The summed E-state index contributed by atoms with van der Waals surface area (Å²) in [4.78, 5) is 0. The summed E-state index contributed by atoms with van der Waals surface area (Å²) in [6, 6.07) is 7.08. The van der Waals surface area contributed by atoms with Crippen molar-refractivity contribution in [1.29, 1.82) is 0 Å². The Hall–Kier alpha value is -0.890. The van der Waals surface area contributed by atoms with Crippen molar-refractivity contribution in [2.24, 2.45) is 5.92 Å². The maximum Gasteiger partial charge on any atom is 0.126 e. The highest BCUT2D eigenvalue weighted by molar-refractivity contribution is 5.23. The number of hydrogen-bond donors (Lipinski definition) is 1. The van der Waals surface area contributed by atoms with Crippen LogP contribution in [0.2, 0.25) is 0 Å². The molecule has 13 heavy (non-hydrogen) atoms. The topological polar surface area (TPSA) is 12.0 Å². The lowest BCUT2D eigenvalue weighted by Crippen LogP contribution is -2.09. The Morgan fingerprint density at radius 2 is 2.08 bits per heavy atom. The van der Waals surface area contributed by atoms with E-state index in [9.17, 15) is 4.39 Å². The Morgan fingerprint density at radius 3 is 2.69 bits per heavy atom. The molecule has 0 aliphatic carbocycles. The van der Waals surface area contributed by atoms with Crippen LogP contribution in [-0.4, -0.2) is 13.1 Å². The minimum absolute atomic E-state index is 0.0666. The molecule has 1 aliphatic heterocycles. The standard InChI is InChI=1S/C11H14FN/c1-8-6-13-7-10(8)9-4-2-3-5-11(9)12/h2-5,8,10,13H,6-7H2,1H3. The molecular formula is C11H14FN. The van der Waals surface area contributed by atoms with E-state index in [-0.39, 0.29) is 5.82 Å². The highest BCUT2D eigenvalue weighted by Crippen LogP contribution is 2.28. The first-order chi connectivity index (χ1) is 6.29. The van der Waals surface area contributed by atoms with Gasteiger partial charge in [-0.2, -0.15) is 0 Å². The van der Waals surface area contributed by atoms with Crippen LogP contribution in [0.3, 0.4) is 0 Å². The Kier molecular flexibility index (Phi) is 2.32. The average Bonchev–Trinajstić information content (AvgIpc) is 2.52. The van der Waals surface area contributed by atoms with Gasteiger partial charge < -0.3 is 5.32 Å². The molecule has 0 bridgehead atoms. The van der Waals surface area contributed by atoms with E-state index in [1.165, 1.54) is 0 Å². The lowest BCUT2D eigenvalue weighted by molar-refractivity contribution is 0.528. The fraction of sp³-hybridized carbons (Fsp3) is 0.455. The second-order valence-electron chi connectivity index (χ2n) is 3.76. The van der Waals surface area contributed by atoms with Crippen LogP contribution in [0.4, 0.5) is 4.39 Å². The lowest BCUT2D eigenvalue weighted by Gasteiger charge is -2.14. The minimum atomic E-state index is -0.0666. The molecule has 1 heterocycles. The largest absolute Gasteiger partial charge is 0.316 e. The summed E-state index contributed by atoms with van der Waals surface area (Å²) in [7, 11) is 0. The van der Waals surface area contributed by atoms with Crippen molar-refractivity contribution < 1.29 is 4.39 Å². The van der Waals surface area contributed by atoms with Gasteiger partial charge in [0.2, 0.25) is 0 Å². The van der Waals surface area contributed by atoms with Gasteiger partial charge >= 0.3 is 0 Å². The molecule has 0 saturated carbocycles. The average molecular weight is 179 g/mol. The molecule has 1 N–H and O–H groups in total. The van der Waals surface area contributed by atoms with Gasteiger partial charge in [-0.3, -0.25) is 0 Å². The van der Waals surface area contributed by atoms with Crippen molar-refractivity contribution in [2.75, 3.05) is 13.1 Å². The van der Waals surface area contributed by atoms with E-state index >= 15 is 0 Å². The van der Waals surface area contributed by atoms with Crippen molar-refractivity contribution in [3.05, 3.63) is 35.6 Å². The predicted octanol–water partition coefficient (Wildman–Crippen LogP) is 2.15. The first-order valence-electron chi connectivity index (χ1n) is 4.74. The Balaban J connectivity index is 2.29. The van der Waals surface area contributed by atoms with Crippen LogP contribution < -0.4 is 5.32 Å². The number of hydrogen-bond acceptors (Lipinski definition) is 1. The molecule has 1 aliphatic rings. The SMILES string of the molecule is CC1CNCC1c1ccccc1F. The van der Waals surface area contributed by atoms with E-state index in [0.29, 0.717) is 11.8 Å². The smallest absolute Gasteiger partial charge is 0.126 e. The zero-order chi connectivity index (χ0) is 9.26. The number of nitrogens with one attached hydrogen (secondary N) is 1. The third kappa shape index (κ3) is 1.59. The second-order valence-corrected chi connectivity index (χ2v) is 3.76. The van der Waals surface area contributed by atoms with Crippen molar-refractivity contribution >= 4 is 0 Å². The Morgan fingerprint density at radius 1 is 1.31 bits per heavy atom. The molecule has 1 fully saturated rings. The maximum atomic E-state index is 13.4. The van der Waals surface area contributed by atoms with Crippen molar-refractivity contribution in [3.63, 3.8) is 0 Å². The minimum Gasteiger partial charge on any atom is -0.316 e. The summed E-state index contributed by atoms with van der Waals surface area (Å²) >= 11 is 0. The van der Waals surface area contributed by atoms with Crippen LogP contribution in [0, 0.1) is 11.7 Å². The fourth-order valence-corrected chi connectivity index (χ4v) is 2.00. The molecule has 1 saturated heterocycles. The van der Waals surface area contributed by atoms with Gasteiger partial charge in [-0.05, 0) is 24.1 Å². The molecule has 1 nitrogen and oxygen atoms in total. The molecule has 0 spiro atoms. The van der Waals surface area contributed by atoms with Gasteiger partial charge in [0.1, 0.15) is 5.82 Å². The van der Waals surface area contributed by atoms with Crippen LogP contribution in [0.1, 0.15) is 18.4 Å². The molecule has 0 radical (unpaired) electrons. The molecule has 2 atom stereocenters. The van der Waals surface area contributed by atoms with E-state index in [1.807, 2.05) is 12.1 Å². The van der Waals surface area contributed by atoms with Gasteiger partial charge in [0.15, 0.2) is 0 Å². The Labute approximate surface area is 78.0 Å². The summed E-state index contributed by atoms with van der Waals surface area (Å²) in [5.74, 6) is 0.821. The van der Waals surface area contributed by atoms with Crippen LogP contribution >= 0.6 is 0 Å². The van der Waals surface area contributed by atoms with Gasteiger partial charge in [0.05, 0.1) is 0 Å². The highest BCUT2D eigenvalue weighted by atomic mass is 19.1. The van der Waals surface area contributed by atoms with Gasteiger partial charge in [-0.1, -0.05) is 25.1 Å². The third-order valence-electron chi connectivity index (χ3n) is 2.82. The van der Waals surface area contributed by atoms with E-state index in [4.69, 9.17) is 0 Å². The molecule has 1 aromatic rings. The van der Waals surface area contributed by atoms with Gasteiger partial charge in [0.25, 0.3) is 0 Å². The molecule has 2 unspecified atom stereocenters. The first-order valence-corrected chi connectivity index (χ1v) is 4.74. The van der Waals surface area contributed by atoms with Crippen molar-refractivity contribution in [1.82, 2.24) is 5.32 Å². The highest BCUT2D eigenvalue weighted by Gasteiger charge is 2.26. The number of benzene rings is 1. The first kappa shape index (κ1) is 8.70. The molecule has 0 aromatic heterocycles. The quantitative estimate of drug-likeness (QED) is 0.696.